The molecule has 3 nitrogen and oxygen atoms in total. The van der Waals surface area contributed by atoms with Crippen LogP contribution in [0.2, 0.25) is 5.02 Å². The maximum atomic E-state index is 12.2. The smallest absolute Gasteiger partial charge is 0.330 e. The number of ether oxygens (including phenoxy) is 1. The molecule has 1 unspecified atom stereocenters. The number of methoxy groups -OCH3 is 1. The monoisotopic (exact) mass is 303 g/mol. The van der Waals surface area contributed by atoms with Gasteiger partial charge in [-0.25, -0.2) is 4.79 Å². The van der Waals surface area contributed by atoms with Crippen molar-refractivity contribution in [3.8, 4) is 0 Å². The highest BCUT2D eigenvalue weighted by molar-refractivity contribution is 6.30. The van der Waals surface area contributed by atoms with Gasteiger partial charge in [-0.2, -0.15) is 0 Å². The van der Waals surface area contributed by atoms with Gasteiger partial charge in [0, 0.05) is 11.6 Å². The van der Waals surface area contributed by atoms with Crippen molar-refractivity contribution in [1.82, 2.24) is 5.32 Å². The van der Waals surface area contributed by atoms with Crippen LogP contribution in [0.4, 0.5) is 0 Å². The Kier molecular flexibility index (Phi) is 4.99. The summed E-state index contributed by atoms with van der Waals surface area (Å²) in [4.78, 5) is 12.2. The number of benzene rings is 2. The van der Waals surface area contributed by atoms with Gasteiger partial charge in [0.1, 0.15) is 5.54 Å². The first-order valence-electron chi connectivity index (χ1n) is 6.69. The van der Waals surface area contributed by atoms with Crippen molar-refractivity contribution in [2.45, 2.75) is 19.0 Å². The Morgan fingerprint density at radius 1 is 1.19 bits per heavy atom. The summed E-state index contributed by atoms with van der Waals surface area (Å²) in [7, 11) is 1.38. The van der Waals surface area contributed by atoms with E-state index >= 15 is 0 Å². The van der Waals surface area contributed by atoms with Crippen LogP contribution in [0.5, 0.6) is 0 Å². The van der Waals surface area contributed by atoms with Crippen LogP contribution in [0.25, 0.3) is 0 Å². The summed E-state index contributed by atoms with van der Waals surface area (Å²) < 4.78 is 4.95. The molecule has 2 aromatic carbocycles. The van der Waals surface area contributed by atoms with Crippen LogP contribution in [-0.2, 0) is 21.6 Å². The molecule has 0 saturated heterocycles. The largest absolute Gasteiger partial charge is 0.467 e. The molecular weight excluding hydrogens is 286 g/mol. The number of carbonyl (C=O) groups excluding carboxylic acids is 1. The van der Waals surface area contributed by atoms with E-state index in [1.807, 2.05) is 42.5 Å². The topological polar surface area (TPSA) is 38.3 Å². The van der Waals surface area contributed by atoms with Crippen LogP contribution < -0.4 is 5.32 Å². The number of carbonyl (C=O) groups is 1. The zero-order valence-electron chi connectivity index (χ0n) is 12.1. The van der Waals surface area contributed by atoms with Gasteiger partial charge in [0.2, 0.25) is 0 Å². The van der Waals surface area contributed by atoms with E-state index < -0.39 is 5.54 Å². The third kappa shape index (κ3) is 3.63. The zero-order chi connectivity index (χ0) is 15.3. The van der Waals surface area contributed by atoms with E-state index in [0.717, 1.165) is 11.1 Å². The second-order valence-electron chi connectivity index (χ2n) is 4.97. The molecule has 0 aliphatic heterocycles. The van der Waals surface area contributed by atoms with Crippen LogP contribution in [0.15, 0.2) is 54.6 Å². The van der Waals surface area contributed by atoms with Crippen molar-refractivity contribution in [3.05, 3.63) is 70.7 Å². The summed E-state index contributed by atoms with van der Waals surface area (Å²) in [5, 5.41) is 3.86. The van der Waals surface area contributed by atoms with Gasteiger partial charge in [-0.15, -0.1) is 0 Å². The number of rotatable bonds is 5. The van der Waals surface area contributed by atoms with Crippen LogP contribution in [0.3, 0.4) is 0 Å². The molecular formula is C17H18ClNO2. The third-order valence-electron chi connectivity index (χ3n) is 3.48. The summed E-state index contributed by atoms with van der Waals surface area (Å²) in [5.41, 5.74) is 0.919. The lowest BCUT2D eigenvalue weighted by molar-refractivity contribution is -0.148. The lowest BCUT2D eigenvalue weighted by atomic mass is 9.91. The van der Waals surface area contributed by atoms with E-state index in [9.17, 15) is 4.79 Å². The van der Waals surface area contributed by atoms with Gasteiger partial charge in [-0.1, -0.05) is 54.1 Å². The van der Waals surface area contributed by atoms with Crippen molar-refractivity contribution < 1.29 is 9.53 Å². The fourth-order valence-corrected chi connectivity index (χ4v) is 2.36. The first-order chi connectivity index (χ1) is 10.1. The first-order valence-corrected chi connectivity index (χ1v) is 7.07. The summed E-state index contributed by atoms with van der Waals surface area (Å²) in [5.74, 6) is -0.347. The maximum absolute atomic E-state index is 12.2. The molecule has 0 bridgehead atoms. The summed E-state index contributed by atoms with van der Waals surface area (Å²) in [6.07, 6.45) is 0. The van der Waals surface area contributed by atoms with E-state index in [2.05, 4.69) is 5.32 Å². The van der Waals surface area contributed by atoms with E-state index in [0.29, 0.717) is 11.6 Å². The lowest BCUT2D eigenvalue weighted by Gasteiger charge is -2.29. The molecule has 1 atom stereocenters. The molecule has 0 spiro atoms. The summed E-state index contributed by atoms with van der Waals surface area (Å²) >= 11 is 6.04. The minimum atomic E-state index is -0.949. The molecule has 21 heavy (non-hydrogen) atoms. The standard InChI is InChI=1S/C17H18ClNO2/c1-17(16(20)21-2,14-9-6-10-15(18)11-14)19-12-13-7-4-3-5-8-13/h3-11,19H,12H2,1-2H3. The average Bonchev–Trinajstić information content (AvgIpc) is 2.52. The Morgan fingerprint density at radius 3 is 2.52 bits per heavy atom. The zero-order valence-corrected chi connectivity index (χ0v) is 12.9. The second-order valence-corrected chi connectivity index (χ2v) is 5.40. The highest BCUT2D eigenvalue weighted by atomic mass is 35.5. The molecule has 0 aliphatic carbocycles. The lowest BCUT2D eigenvalue weighted by Crippen LogP contribution is -2.47. The number of hydrogen-bond donors (Lipinski definition) is 1. The molecule has 0 amide bonds. The van der Waals surface area contributed by atoms with Gasteiger partial charge in [0.05, 0.1) is 7.11 Å². The van der Waals surface area contributed by atoms with Crippen LogP contribution in [-0.4, -0.2) is 13.1 Å². The fraction of sp³-hybridized carbons (Fsp3) is 0.235. The molecule has 0 fully saturated rings. The van der Waals surface area contributed by atoms with Crippen LogP contribution >= 0.6 is 11.6 Å². The molecule has 2 aromatic rings. The van der Waals surface area contributed by atoms with Gasteiger partial charge in [0.15, 0.2) is 0 Å². The Hall–Kier alpha value is -1.84. The van der Waals surface area contributed by atoms with Crippen molar-refractivity contribution in [2.75, 3.05) is 7.11 Å². The van der Waals surface area contributed by atoms with E-state index in [1.54, 1.807) is 19.1 Å². The number of hydrogen-bond acceptors (Lipinski definition) is 3. The molecule has 1 N–H and O–H groups in total. The van der Waals surface area contributed by atoms with Gasteiger partial charge < -0.3 is 4.74 Å². The van der Waals surface area contributed by atoms with Crippen LogP contribution in [0.1, 0.15) is 18.1 Å². The van der Waals surface area contributed by atoms with Gasteiger partial charge in [-0.3, -0.25) is 5.32 Å². The Balaban J connectivity index is 2.27. The minimum Gasteiger partial charge on any atom is -0.467 e. The number of esters is 1. The highest BCUT2D eigenvalue weighted by Gasteiger charge is 2.36. The number of nitrogens with one attached hydrogen (secondary N) is 1. The molecule has 0 radical (unpaired) electrons. The molecule has 4 heteroatoms. The van der Waals surface area contributed by atoms with Crippen molar-refractivity contribution in [1.29, 1.82) is 0 Å². The predicted molar refractivity (Wildman–Crippen MR) is 84.1 cm³/mol. The first kappa shape index (κ1) is 15.5. The average molecular weight is 304 g/mol. The molecule has 2 rings (SSSR count). The number of halogens is 1. The Morgan fingerprint density at radius 2 is 1.90 bits per heavy atom. The highest BCUT2D eigenvalue weighted by Crippen LogP contribution is 2.25. The Bertz CT molecular complexity index is 615. The van der Waals surface area contributed by atoms with Crippen LogP contribution in [0, 0.1) is 0 Å². The fourth-order valence-electron chi connectivity index (χ4n) is 2.17. The minimum absolute atomic E-state index is 0.347. The quantitative estimate of drug-likeness (QED) is 0.859. The summed E-state index contributed by atoms with van der Waals surface area (Å²) in [6, 6.07) is 17.1. The van der Waals surface area contributed by atoms with E-state index in [4.69, 9.17) is 16.3 Å². The van der Waals surface area contributed by atoms with Crippen molar-refractivity contribution >= 4 is 17.6 Å². The van der Waals surface area contributed by atoms with Crippen molar-refractivity contribution in [2.24, 2.45) is 0 Å². The maximum Gasteiger partial charge on any atom is 0.330 e. The Labute approximate surface area is 129 Å². The summed E-state index contributed by atoms with van der Waals surface area (Å²) in [6.45, 7) is 2.35. The van der Waals surface area contributed by atoms with Crippen molar-refractivity contribution in [3.63, 3.8) is 0 Å². The SMILES string of the molecule is COC(=O)C(C)(NCc1ccccc1)c1cccc(Cl)c1. The second kappa shape index (κ2) is 6.74. The van der Waals surface area contributed by atoms with E-state index in [1.165, 1.54) is 7.11 Å². The van der Waals surface area contributed by atoms with Gasteiger partial charge in [0.25, 0.3) is 0 Å². The van der Waals surface area contributed by atoms with Gasteiger partial charge >= 0.3 is 5.97 Å². The molecule has 110 valence electrons. The molecule has 0 saturated carbocycles. The molecule has 0 aliphatic rings. The van der Waals surface area contributed by atoms with E-state index in [-0.39, 0.29) is 5.97 Å². The third-order valence-corrected chi connectivity index (χ3v) is 3.72. The molecule has 0 heterocycles. The normalized spacial score (nSPS) is 13.5. The van der Waals surface area contributed by atoms with Gasteiger partial charge in [-0.05, 0) is 30.2 Å². The predicted octanol–water partition coefficient (Wildman–Crippen LogP) is 3.52. The molecule has 0 aromatic heterocycles.